The summed E-state index contributed by atoms with van der Waals surface area (Å²) in [5.74, 6) is 2.51. The molecule has 0 aliphatic rings. The van der Waals surface area contributed by atoms with Gasteiger partial charge >= 0.3 is 0 Å². The van der Waals surface area contributed by atoms with Crippen molar-refractivity contribution in [1.29, 1.82) is 0 Å². The number of hydrogen-bond donors (Lipinski definition) is 3. The molecule has 0 bridgehead atoms. The van der Waals surface area contributed by atoms with E-state index in [0.29, 0.717) is 11.5 Å². The van der Waals surface area contributed by atoms with Gasteiger partial charge in [0.2, 0.25) is 0 Å². The normalized spacial score (nSPS) is 11.5. The van der Waals surface area contributed by atoms with Gasteiger partial charge < -0.3 is 15.6 Å². The van der Waals surface area contributed by atoms with E-state index < -0.39 is 22.1 Å². The molecule has 0 fully saturated rings. The number of imidazole rings is 1. The SMILES string of the molecule is C#Cc1cccc(Nc2cc(Nc3ccccc3S(C)(=O)=O)c3nc(C(F)F)[nH]c3n2)n1. The van der Waals surface area contributed by atoms with Crippen LogP contribution in [0.3, 0.4) is 0 Å². The molecule has 4 aromatic rings. The number of pyridine rings is 2. The highest BCUT2D eigenvalue weighted by Crippen LogP contribution is 2.32. The first-order valence-corrected chi connectivity index (χ1v) is 11.1. The van der Waals surface area contributed by atoms with Gasteiger partial charge in [-0.25, -0.2) is 32.2 Å². The molecule has 3 aromatic heterocycles. The smallest absolute Gasteiger partial charge is 0.295 e. The fourth-order valence-corrected chi connectivity index (χ4v) is 3.87. The van der Waals surface area contributed by atoms with E-state index in [-0.39, 0.29) is 33.3 Å². The molecule has 0 spiro atoms. The van der Waals surface area contributed by atoms with Gasteiger partial charge in [-0.2, -0.15) is 0 Å². The number of sulfone groups is 1. The maximum atomic E-state index is 13.2. The highest BCUT2D eigenvalue weighted by atomic mass is 32.2. The zero-order valence-electron chi connectivity index (χ0n) is 16.6. The van der Waals surface area contributed by atoms with E-state index in [1.54, 1.807) is 36.4 Å². The lowest BCUT2D eigenvalue weighted by molar-refractivity contribution is 0.142. The molecule has 32 heavy (non-hydrogen) atoms. The van der Waals surface area contributed by atoms with E-state index >= 15 is 0 Å². The number of aromatic amines is 1. The van der Waals surface area contributed by atoms with Crippen molar-refractivity contribution in [3.63, 3.8) is 0 Å². The molecule has 0 radical (unpaired) electrons. The molecular weight excluding hydrogens is 438 g/mol. The van der Waals surface area contributed by atoms with Crippen molar-refractivity contribution in [2.45, 2.75) is 11.3 Å². The van der Waals surface area contributed by atoms with E-state index in [4.69, 9.17) is 6.42 Å². The van der Waals surface area contributed by atoms with Crippen LogP contribution in [0.5, 0.6) is 0 Å². The average molecular weight is 454 g/mol. The fraction of sp³-hybridized carbons (Fsp3) is 0.0952. The maximum Gasteiger partial charge on any atom is 0.295 e. The standard InChI is InChI=1S/C21H16F2N6O2S/c1-3-12-7-6-10-16(24-12)26-17-11-14(18-20(27-17)29-21(28-18)19(22)23)25-13-8-4-5-9-15(13)32(2,30)31/h1,4-11,19H,2H3,(H3,24,25,26,27,28,29). The molecule has 11 heteroatoms. The summed E-state index contributed by atoms with van der Waals surface area (Å²) >= 11 is 0. The van der Waals surface area contributed by atoms with Crippen molar-refractivity contribution in [2.75, 3.05) is 16.9 Å². The number of fused-ring (bicyclic) bond motifs is 1. The molecule has 0 unspecified atom stereocenters. The van der Waals surface area contributed by atoms with Crippen molar-refractivity contribution in [2.24, 2.45) is 0 Å². The van der Waals surface area contributed by atoms with Crippen LogP contribution in [-0.4, -0.2) is 34.6 Å². The molecule has 0 aliphatic carbocycles. The minimum absolute atomic E-state index is 0.0486. The monoisotopic (exact) mass is 454 g/mol. The van der Waals surface area contributed by atoms with Gasteiger partial charge in [0.25, 0.3) is 6.43 Å². The second kappa shape index (κ2) is 8.24. The van der Waals surface area contributed by atoms with Gasteiger partial charge in [0, 0.05) is 12.3 Å². The molecule has 162 valence electrons. The Morgan fingerprint density at radius 3 is 2.50 bits per heavy atom. The van der Waals surface area contributed by atoms with Crippen LogP contribution in [0.15, 0.2) is 53.4 Å². The summed E-state index contributed by atoms with van der Waals surface area (Å²) in [7, 11) is -3.55. The van der Waals surface area contributed by atoms with Gasteiger partial charge in [0.05, 0.1) is 16.3 Å². The first-order chi connectivity index (χ1) is 15.2. The zero-order valence-corrected chi connectivity index (χ0v) is 17.4. The highest BCUT2D eigenvalue weighted by molar-refractivity contribution is 7.90. The third-order valence-corrected chi connectivity index (χ3v) is 5.54. The lowest BCUT2D eigenvalue weighted by Crippen LogP contribution is -2.04. The Morgan fingerprint density at radius 1 is 1.00 bits per heavy atom. The number of aromatic nitrogens is 4. The number of hydrogen-bond acceptors (Lipinski definition) is 7. The third kappa shape index (κ3) is 4.35. The fourth-order valence-electron chi connectivity index (χ4n) is 3.03. The Morgan fingerprint density at radius 2 is 1.78 bits per heavy atom. The minimum atomic E-state index is -3.55. The molecule has 4 rings (SSSR count). The highest BCUT2D eigenvalue weighted by Gasteiger charge is 2.19. The molecule has 0 atom stereocenters. The van der Waals surface area contributed by atoms with E-state index in [2.05, 4.69) is 36.5 Å². The van der Waals surface area contributed by atoms with Crippen LogP contribution < -0.4 is 10.6 Å². The summed E-state index contributed by atoms with van der Waals surface area (Å²) < 4.78 is 50.8. The van der Waals surface area contributed by atoms with Crippen LogP contribution in [-0.2, 0) is 9.84 Å². The quantitative estimate of drug-likeness (QED) is 0.375. The van der Waals surface area contributed by atoms with Gasteiger partial charge in [-0.3, -0.25) is 0 Å². The van der Waals surface area contributed by atoms with Crippen molar-refractivity contribution in [3.8, 4) is 12.3 Å². The minimum Gasteiger partial charge on any atom is -0.352 e. The van der Waals surface area contributed by atoms with E-state index in [0.717, 1.165) is 6.26 Å². The molecule has 3 heterocycles. The van der Waals surface area contributed by atoms with Gasteiger partial charge in [0.1, 0.15) is 22.8 Å². The Hall–Kier alpha value is -4.04. The van der Waals surface area contributed by atoms with Crippen LogP contribution in [0.2, 0.25) is 0 Å². The number of terminal acetylenes is 1. The Balaban J connectivity index is 1.83. The summed E-state index contributed by atoms with van der Waals surface area (Å²) in [6, 6.07) is 12.8. The summed E-state index contributed by atoms with van der Waals surface area (Å²) in [6.07, 6.45) is 3.62. The molecule has 0 saturated heterocycles. The van der Waals surface area contributed by atoms with Crippen LogP contribution in [0.1, 0.15) is 17.9 Å². The first kappa shape index (κ1) is 21.2. The van der Waals surface area contributed by atoms with Crippen molar-refractivity contribution < 1.29 is 17.2 Å². The summed E-state index contributed by atoms with van der Waals surface area (Å²) in [6.45, 7) is 0. The Kier molecular flexibility index (Phi) is 5.46. The number of anilines is 4. The third-order valence-electron chi connectivity index (χ3n) is 4.39. The van der Waals surface area contributed by atoms with E-state index in [9.17, 15) is 17.2 Å². The molecule has 3 N–H and O–H groups in total. The molecule has 0 aliphatic heterocycles. The van der Waals surface area contributed by atoms with Crippen molar-refractivity contribution in [3.05, 3.63) is 60.0 Å². The molecule has 1 aromatic carbocycles. The van der Waals surface area contributed by atoms with Crippen LogP contribution in [0, 0.1) is 12.3 Å². The van der Waals surface area contributed by atoms with Crippen LogP contribution >= 0.6 is 0 Å². The number of para-hydroxylation sites is 1. The van der Waals surface area contributed by atoms with Crippen molar-refractivity contribution in [1.82, 2.24) is 19.9 Å². The zero-order chi connectivity index (χ0) is 22.9. The average Bonchev–Trinajstić information content (AvgIpc) is 3.18. The summed E-state index contributed by atoms with van der Waals surface area (Å²) in [5, 5.41) is 5.95. The number of halogens is 2. The van der Waals surface area contributed by atoms with Gasteiger partial charge in [0.15, 0.2) is 21.3 Å². The van der Waals surface area contributed by atoms with E-state index in [1.807, 2.05) is 0 Å². The second-order valence-corrected chi connectivity index (χ2v) is 8.73. The Bertz CT molecular complexity index is 1460. The number of nitrogens with zero attached hydrogens (tertiary/aromatic N) is 3. The predicted octanol–water partition coefficient (Wildman–Crippen LogP) is 4.16. The summed E-state index contributed by atoms with van der Waals surface area (Å²) in [4.78, 5) is 15.0. The van der Waals surface area contributed by atoms with E-state index in [1.165, 1.54) is 12.1 Å². The number of alkyl halides is 2. The van der Waals surface area contributed by atoms with Crippen LogP contribution in [0.25, 0.3) is 11.2 Å². The summed E-state index contributed by atoms with van der Waals surface area (Å²) in [5.41, 5.74) is 1.14. The van der Waals surface area contributed by atoms with Gasteiger partial charge in [-0.1, -0.05) is 24.1 Å². The largest absolute Gasteiger partial charge is 0.352 e. The topological polar surface area (TPSA) is 113 Å². The molecular formula is C21H16F2N6O2S. The molecule has 8 nitrogen and oxygen atoms in total. The molecule has 0 amide bonds. The number of rotatable bonds is 6. The second-order valence-electron chi connectivity index (χ2n) is 6.75. The number of benzene rings is 1. The number of nitrogens with one attached hydrogen (secondary N) is 3. The lowest BCUT2D eigenvalue weighted by Gasteiger charge is -2.13. The lowest BCUT2D eigenvalue weighted by atomic mass is 10.2. The van der Waals surface area contributed by atoms with Gasteiger partial charge in [-0.15, -0.1) is 6.42 Å². The van der Waals surface area contributed by atoms with Gasteiger partial charge in [-0.05, 0) is 24.3 Å². The first-order valence-electron chi connectivity index (χ1n) is 9.20. The predicted molar refractivity (Wildman–Crippen MR) is 117 cm³/mol. The van der Waals surface area contributed by atoms with Crippen molar-refractivity contribution >= 4 is 44.0 Å². The Labute approximate surface area is 182 Å². The molecule has 0 saturated carbocycles. The maximum absolute atomic E-state index is 13.2. The number of H-pyrrole nitrogens is 1. The van der Waals surface area contributed by atoms with Crippen LogP contribution in [0.4, 0.5) is 31.8 Å².